The first-order chi connectivity index (χ1) is 13.0. The molecule has 2 heterocycles. The van der Waals surface area contributed by atoms with E-state index >= 15 is 0 Å². The van der Waals surface area contributed by atoms with Crippen molar-refractivity contribution >= 4 is 15.7 Å². The van der Waals surface area contributed by atoms with E-state index in [1.807, 2.05) is 12.1 Å². The van der Waals surface area contributed by atoms with E-state index in [1.54, 1.807) is 24.3 Å². The second kappa shape index (κ2) is 7.52. The molecule has 0 radical (unpaired) electrons. The molecule has 1 N–H and O–H groups in total. The van der Waals surface area contributed by atoms with E-state index in [2.05, 4.69) is 21.8 Å². The zero-order chi connectivity index (χ0) is 18.9. The van der Waals surface area contributed by atoms with Crippen molar-refractivity contribution in [2.45, 2.75) is 44.2 Å². The van der Waals surface area contributed by atoms with Crippen LogP contribution in [0.4, 0.5) is 5.69 Å². The molecular formula is C21H26N2O3S. The predicted octanol–water partition coefficient (Wildman–Crippen LogP) is 4.54. The van der Waals surface area contributed by atoms with Crippen LogP contribution in [0.25, 0.3) is 0 Å². The van der Waals surface area contributed by atoms with Crippen molar-refractivity contribution in [2.24, 2.45) is 0 Å². The molecule has 0 bridgehead atoms. The van der Waals surface area contributed by atoms with E-state index in [-0.39, 0.29) is 0 Å². The molecule has 2 aromatic carbocycles. The molecule has 2 saturated heterocycles. The normalized spacial score (nSPS) is 23.0. The van der Waals surface area contributed by atoms with E-state index in [0.29, 0.717) is 17.5 Å². The number of nitrogens with one attached hydrogen (secondary N) is 1. The Kier molecular flexibility index (Phi) is 5.10. The van der Waals surface area contributed by atoms with Gasteiger partial charge in [0.25, 0.3) is 0 Å². The summed E-state index contributed by atoms with van der Waals surface area (Å²) in [6, 6.07) is 16.6. The Labute approximate surface area is 161 Å². The lowest BCUT2D eigenvalue weighted by Crippen LogP contribution is -2.35. The first-order valence-corrected chi connectivity index (χ1v) is 11.5. The van der Waals surface area contributed by atoms with Crippen LogP contribution in [0.2, 0.25) is 0 Å². The van der Waals surface area contributed by atoms with Gasteiger partial charge < -0.3 is 4.74 Å². The summed E-state index contributed by atoms with van der Waals surface area (Å²) >= 11 is 0. The van der Waals surface area contributed by atoms with Gasteiger partial charge in [0, 0.05) is 17.8 Å². The van der Waals surface area contributed by atoms with Gasteiger partial charge in [-0.1, -0.05) is 18.6 Å². The molecule has 2 aliphatic heterocycles. The minimum atomic E-state index is -3.27. The Balaban J connectivity index is 1.41. The third kappa shape index (κ3) is 4.45. The van der Waals surface area contributed by atoms with E-state index in [4.69, 9.17) is 4.74 Å². The van der Waals surface area contributed by atoms with Crippen molar-refractivity contribution in [2.75, 3.05) is 17.5 Å². The molecule has 4 rings (SSSR count). The molecule has 2 fully saturated rings. The molecule has 0 amide bonds. The molecule has 2 unspecified atom stereocenters. The third-order valence-corrected chi connectivity index (χ3v) is 6.11. The van der Waals surface area contributed by atoms with Crippen molar-refractivity contribution < 1.29 is 13.2 Å². The number of benzene rings is 2. The summed E-state index contributed by atoms with van der Waals surface area (Å²) in [6.45, 7) is 1.22. The summed E-state index contributed by atoms with van der Waals surface area (Å²) in [5.41, 5.74) is 1.90. The van der Waals surface area contributed by atoms with Gasteiger partial charge in [0.05, 0.1) is 6.26 Å². The molecule has 144 valence electrons. The monoisotopic (exact) mass is 386 g/mol. The van der Waals surface area contributed by atoms with Crippen molar-refractivity contribution in [3.63, 3.8) is 0 Å². The number of sulfonamides is 1. The van der Waals surface area contributed by atoms with E-state index < -0.39 is 10.0 Å². The molecule has 0 aromatic heterocycles. The maximum atomic E-state index is 11.3. The van der Waals surface area contributed by atoms with Gasteiger partial charge in [-0.2, -0.15) is 0 Å². The molecule has 2 aliphatic rings. The van der Waals surface area contributed by atoms with Crippen molar-refractivity contribution in [3.8, 4) is 11.5 Å². The number of piperidine rings is 1. The Morgan fingerprint density at radius 1 is 0.926 bits per heavy atom. The Bertz CT molecular complexity index is 879. The van der Waals surface area contributed by atoms with E-state index in [1.165, 1.54) is 44.2 Å². The predicted molar refractivity (Wildman–Crippen MR) is 108 cm³/mol. The summed E-state index contributed by atoms with van der Waals surface area (Å²) in [5.74, 6) is 1.47. The van der Waals surface area contributed by atoms with Gasteiger partial charge in [0.15, 0.2) is 0 Å². The van der Waals surface area contributed by atoms with Gasteiger partial charge in [-0.15, -0.1) is 0 Å². The maximum absolute atomic E-state index is 11.3. The smallest absolute Gasteiger partial charge is 0.229 e. The second-order valence-electron chi connectivity index (χ2n) is 7.55. The molecule has 0 aliphatic carbocycles. The topological polar surface area (TPSA) is 58.6 Å². The van der Waals surface area contributed by atoms with Crippen molar-refractivity contribution in [1.29, 1.82) is 0 Å². The quantitative estimate of drug-likeness (QED) is 0.820. The molecule has 6 heteroatoms. The highest BCUT2D eigenvalue weighted by Gasteiger charge is 2.35. The highest BCUT2D eigenvalue weighted by Crippen LogP contribution is 2.40. The fraction of sp³-hybridized carbons (Fsp3) is 0.429. The molecular weight excluding hydrogens is 360 g/mol. The maximum Gasteiger partial charge on any atom is 0.229 e. The lowest BCUT2D eigenvalue weighted by Gasteiger charge is -2.34. The zero-order valence-corrected chi connectivity index (χ0v) is 16.4. The summed E-state index contributed by atoms with van der Waals surface area (Å²) < 4.78 is 30.9. The van der Waals surface area contributed by atoms with Crippen molar-refractivity contribution in [3.05, 3.63) is 54.1 Å². The summed E-state index contributed by atoms with van der Waals surface area (Å²) in [6.07, 6.45) is 7.74. The first-order valence-electron chi connectivity index (χ1n) is 9.59. The summed E-state index contributed by atoms with van der Waals surface area (Å²) in [5, 5.41) is 0. The molecule has 5 nitrogen and oxygen atoms in total. The number of ether oxygens (including phenoxy) is 1. The summed E-state index contributed by atoms with van der Waals surface area (Å²) in [7, 11) is -3.27. The number of hydrogen-bond acceptors (Lipinski definition) is 4. The van der Waals surface area contributed by atoms with Crippen LogP contribution in [-0.2, 0) is 10.0 Å². The minimum absolute atomic E-state index is 0.525. The SMILES string of the molecule is CS(=O)(=O)Nc1ccc(Oc2ccc(C3CCC4CCCCN43)cc2)cc1. The fourth-order valence-corrected chi connectivity index (χ4v) is 4.88. The highest BCUT2D eigenvalue weighted by molar-refractivity contribution is 7.92. The lowest BCUT2D eigenvalue weighted by atomic mass is 10.0. The Morgan fingerprint density at radius 3 is 2.26 bits per heavy atom. The third-order valence-electron chi connectivity index (χ3n) is 5.50. The van der Waals surface area contributed by atoms with Gasteiger partial charge in [0.1, 0.15) is 11.5 Å². The van der Waals surface area contributed by atoms with Gasteiger partial charge in [-0.05, 0) is 74.2 Å². The van der Waals surface area contributed by atoms with Crippen LogP contribution in [-0.4, -0.2) is 32.2 Å². The number of rotatable bonds is 5. The van der Waals surface area contributed by atoms with Crippen molar-refractivity contribution in [1.82, 2.24) is 4.90 Å². The lowest BCUT2D eigenvalue weighted by molar-refractivity contribution is 0.150. The number of nitrogens with zero attached hydrogens (tertiary/aromatic N) is 1. The van der Waals surface area contributed by atoms with Crippen LogP contribution >= 0.6 is 0 Å². The average Bonchev–Trinajstić information content (AvgIpc) is 3.07. The van der Waals surface area contributed by atoms with Crippen LogP contribution in [0.5, 0.6) is 11.5 Å². The van der Waals surface area contributed by atoms with E-state index in [0.717, 1.165) is 18.0 Å². The van der Waals surface area contributed by atoms with E-state index in [9.17, 15) is 8.42 Å². The molecule has 0 spiro atoms. The molecule has 2 aromatic rings. The first kappa shape index (κ1) is 18.3. The van der Waals surface area contributed by atoms with Gasteiger partial charge >= 0.3 is 0 Å². The molecule has 2 atom stereocenters. The van der Waals surface area contributed by atoms with Crippen LogP contribution in [0.3, 0.4) is 0 Å². The largest absolute Gasteiger partial charge is 0.457 e. The van der Waals surface area contributed by atoms with Crippen LogP contribution in [0.1, 0.15) is 43.7 Å². The van der Waals surface area contributed by atoms with Crippen LogP contribution < -0.4 is 9.46 Å². The zero-order valence-electron chi connectivity index (χ0n) is 15.6. The minimum Gasteiger partial charge on any atom is -0.457 e. The standard InChI is InChI=1S/C21H26N2O3S/c1-27(24,25)22-17-7-12-20(13-8-17)26-19-10-5-16(6-11-19)21-14-9-18-4-2-3-15-23(18)21/h5-8,10-13,18,21-22H,2-4,9,14-15H2,1H3. The Hall–Kier alpha value is -2.05. The summed E-state index contributed by atoms with van der Waals surface area (Å²) in [4.78, 5) is 2.69. The number of hydrogen-bond donors (Lipinski definition) is 1. The molecule has 27 heavy (non-hydrogen) atoms. The molecule has 0 saturated carbocycles. The fourth-order valence-electron chi connectivity index (χ4n) is 4.32. The number of fused-ring (bicyclic) bond motifs is 1. The van der Waals surface area contributed by atoms with Crippen LogP contribution in [0.15, 0.2) is 48.5 Å². The van der Waals surface area contributed by atoms with Gasteiger partial charge in [0.2, 0.25) is 10.0 Å². The van der Waals surface area contributed by atoms with Gasteiger partial charge in [-0.25, -0.2) is 8.42 Å². The number of anilines is 1. The Morgan fingerprint density at radius 2 is 1.59 bits per heavy atom. The highest BCUT2D eigenvalue weighted by atomic mass is 32.2. The van der Waals surface area contributed by atoms with Crippen LogP contribution in [0, 0.1) is 0 Å². The van der Waals surface area contributed by atoms with Gasteiger partial charge in [-0.3, -0.25) is 9.62 Å². The second-order valence-corrected chi connectivity index (χ2v) is 9.30. The average molecular weight is 387 g/mol.